The second-order valence-corrected chi connectivity index (χ2v) is 6.16. The SMILES string of the molecule is COc1ccc(OC2(CCNCC(C)C)CCC2)cc1. The monoisotopic (exact) mass is 277 g/mol. The first-order chi connectivity index (χ1) is 9.63. The van der Waals surface area contributed by atoms with Crippen molar-refractivity contribution in [3.05, 3.63) is 24.3 Å². The van der Waals surface area contributed by atoms with E-state index in [0.717, 1.165) is 31.0 Å². The van der Waals surface area contributed by atoms with Gasteiger partial charge in [0.1, 0.15) is 17.1 Å². The molecule has 1 aliphatic rings. The Bertz CT molecular complexity index is 396. The van der Waals surface area contributed by atoms with Gasteiger partial charge in [0.15, 0.2) is 0 Å². The third-order valence-corrected chi connectivity index (χ3v) is 3.97. The van der Waals surface area contributed by atoms with Crippen LogP contribution in [0.2, 0.25) is 0 Å². The molecule has 1 N–H and O–H groups in total. The Hall–Kier alpha value is -1.22. The minimum Gasteiger partial charge on any atom is -0.497 e. The molecule has 1 saturated carbocycles. The van der Waals surface area contributed by atoms with Crippen molar-refractivity contribution in [1.82, 2.24) is 5.32 Å². The highest BCUT2D eigenvalue weighted by atomic mass is 16.5. The van der Waals surface area contributed by atoms with Crippen LogP contribution in [-0.2, 0) is 0 Å². The Labute approximate surface area is 122 Å². The van der Waals surface area contributed by atoms with E-state index < -0.39 is 0 Å². The molecule has 0 saturated heterocycles. The first-order valence-corrected chi connectivity index (χ1v) is 7.67. The van der Waals surface area contributed by atoms with E-state index in [1.165, 1.54) is 19.3 Å². The summed E-state index contributed by atoms with van der Waals surface area (Å²) in [5.41, 5.74) is 0.0541. The fourth-order valence-electron chi connectivity index (χ4n) is 2.57. The second kappa shape index (κ2) is 6.98. The Morgan fingerprint density at radius 1 is 1.15 bits per heavy atom. The molecular formula is C17H27NO2. The van der Waals surface area contributed by atoms with Crippen molar-refractivity contribution in [1.29, 1.82) is 0 Å². The third-order valence-electron chi connectivity index (χ3n) is 3.97. The molecule has 0 heterocycles. The largest absolute Gasteiger partial charge is 0.497 e. The average Bonchev–Trinajstić information content (AvgIpc) is 2.41. The molecule has 0 unspecified atom stereocenters. The molecule has 1 aromatic carbocycles. The molecule has 0 atom stereocenters. The summed E-state index contributed by atoms with van der Waals surface area (Å²) in [6.45, 7) is 6.59. The van der Waals surface area contributed by atoms with Crippen molar-refractivity contribution in [2.75, 3.05) is 20.2 Å². The summed E-state index contributed by atoms with van der Waals surface area (Å²) in [6, 6.07) is 7.92. The summed E-state index contributed by atoms with van der Waals surface area (Å²) in [4.78, 5) is 0. The fourth-order valence-corrected chi connectivity index (χ4v) is 2.57. The maximum atomic E-state index is 6.25. The number of hydrogen-bond acceptors (Lipinski definition) is 3. The molecule has 1 aromatic rings. The number of hydrogen-bond donors (Lipinski definition) is 1. The van der Waals surface area contributed by atoms with Crippen molar-refractivity contribution < 1.29 is 9.47 Å². The predicted molar refractivity (Wildman–Crippen MR) is 82.5 cm³/mol. The molecule has 3 nitrogen and oxygen atoms in total. The zero-order chi connectivity index (χ0) is 14.4. The van der Waals surface area contributed by atoms with Crippen molar-refractivity contribution >= 4 is 0 Å². The molecule has 0 bridgehead atoms. The number of rotatable bonds is 8. The molecule has 0 aliphatic heterocycles. The lowest BCUT2D eigenvalue weighted by Gasteiger charge is -2.42. The van der Waals surface area contributed by atoms with E-state index in [4.69, 9.17) is 9.47 Å². The average molecular weight is 277 g/mol. The molecule has 1 fully saturated rings. The van der Waals surface area contributed by atoms with Crippen LogP contribution in [0.3, 0.4) is 0 Å². The topological polar surface area (TPSA) is 30.5 Å². The van der Waals surface area contributed by atoms with Crippen molar-refractivity contribution in [3.8, 4) is 11.5 Å². The molecular weight excluding hydrogens is 250 g/mol. The van der Waals surface area contributed by atoms with E-state index in [9.17, 15) is 0 Å². The minimum atomic E-state index is 0.0541. The smallest absolute Gasteiger partial charge is 0.120 e. The molecule has 0 aromatic heterocycles. The Morgan fingerprint density at radius 3 is 2.30 bits per heavy atom. The molecule has 3 heteroatoms. The number of nitrogens with one attached hydrogen (secondary N) is 1. The van der Waals surface area contributed by atoms with Gasteiger partial charge in [-0.2, -0.15) is 0 Å². The quantitative estimate of drug-likeness (QED) is 0.736. The Balaban J connectivity index is 1.83. The van der Waals surface area contributed by atoms with Crippen molar-refractivity contribution in [2.45, 2.75) is 45.1 Å². The third kappa shape index (κ3) is 4.14. The van der Waals surface area contributed by atoms with Gasteiger partial charge < -0.3 is 14.8 Å². The maximum absolute atomic E-state index is 6.25. The number of benzene rings is 1. The van der Waals surface area contributed by atoms with Gasteiger partial charge in [0.2, 0.25) is 0 Å². The Morgan fingerprint density at radius 2 is 1.80 bits per heavy atom. The zero-order valence-electron chi connectivity index (χ0n) is 12.9. The summed E-state index contributed by atoms with van der Waals surface area (Å²) in [5.74, 6) is 2.53. The fraction of sp³-hybridized carbons (Fsp3) is 0.647. The highest BCUT2D eigenvalue weighted by Crippen LogP contribution is 2.39. The predicted octanol–water partition coefficient (Wildman–Crippen LogP) is 3.63. The van der Waals surface area contributed by atoms with Gasteiger partial charge in [-0.1, -0.05) is 13.8 Å². The van der Waals surface area contributed by atoms with Crippen LogP contribution in [0.15, 0.2) is 24.3 Å². The lowest BCUT2D eigenvalue weighted by molar-refractivity contribution is -0.0143. The van der Waals surface area contributed by atoms with Gasteiger partial charge in [0.25, 0.3) is 0 Å². The van der Waals surface area contributed by atoms with Gasteiger partial charge in [-0.05, 0) is 69.0 Å². The van der Waals surface area contributed by atoms with E-state index in [0.29, 0.717) is 5.92 Å². The van der Waals surface area contributed by atoms with Crippen molar-refractivity contribution in [3.63, 3.8) is 0 Å². The van der Waals surface area contributed by atoms with Crippen LogP contribution in [0, 0.1) is 5.92 Å². The molecule has 0 radical (unpaired) electrons. The highest BCUT2D eigenvalue weighted by Gasteiger charge is 2.38. The molecule has 20 heavy (non-hydrogen) atoms. The van der Waals surface area contributed by atoms with E-state index >= 15 is 0 Å². The van der Waals surface area contributed by atoms with Crippen molar-refractivity contribution in [2.24, 2.45) is 5.92 Å². The van der Waals surface area contributed by atoms with Crippen LogP contribution >= 0.6 is 0 Å². The molecule has 1 aliphatic carbocycles. The van der Waals surface area contributed by atoms with Crippen LogP contribution in [0.4, 0.5) is 0 Å². The summed E-state index contributed by atoms with van der Waals surface area (Å²) in [6.07, 6.45) is 4.71. The van der Waals surface area contributed by atoms with Crippen LogP contribution < -0.4 is 14.8 Å². The summed E-state index contributed by atoms with van der Waals surface area (Å²) >= 11 is 0. The first kappa shape index (κ1) is 15.2. The molecule has 0 spiro atoms. The van der Waals surface area contributed by atoms with Crippen LogP contribution in [0.1, 0.15) is 39.5 Å². The number of ether oxygens (including phenoxy) is 2. The van der Waals surface area contributed by atoms with Crippen LogP contribution in [-0.4, -0.2) is 25.8 Å². The van der Waals surface area contributed by atoms with Gasteiger partial charge in [-0.15, -0.1) is 0 Å². The van der Waals surface area contributed by atoms with E-state index in [1.54, 1.807) is 7.11 Å². The summed E-state index contributed by atoms with van der Waals surface area (Å²) in [7, 11) is 1.68. The van der Waals surface area contributed by atoms with Crippen LogP contribution in [0.5, 0.6) is 11.5 Å². The maximum Gasteiger partial charge on any atom is 0.120 e. The van der Waals surface area contributed by atoms with E-state index in [1.807, 2.05) is 24.3 Å². The van der Waals surface area contributed by atoms with Gasteiger partial charge in [-0.25, -0.2) is 0 Å². The van der Waals surface area contributed by atoms with Gasteiger partial charge in [0.05, 0.1) is 7.11 Å². The minimum absolute atomic E-state index is 0.0541. The van der Waals surface area contributed by atoms with E-state index in [2.05, 4.69) is 19.2 Å². The Kier molecular flexibility index (Phi) is 5.30. The lowest BCUT2D eigenvalue weighted by atomic mass is 9.77. The molecule has 0 amide bonds. The number of methoxy groups -OCH3 is 1. The van der Waals surface area contributed by atoms with Gasteiger partial charge in [0, 0.05) is 0 Å². The highest BCUT2D eigenvalue weighted by molar-refractivity contribution is 5.31. The molecule has 2 rings (SSSR count). The van der Waals surface area contributed by atoms with Crippen LogP contribution in [0.25, 0.3) is 0 Å². The van der Waals surface area contributed by atoms with E-state index in [-0.39, 0.29) is 5.60 Å². The lowest BCUT2D eigenvalue weighted by Crippen LogP contribution is -2.45. The standard InChI is InChI=1S/C17H27NO2/c1-14(2)13-18-12-11-17(9-4-10-17)20-16-7-5-15(19-3)6-8-16/h5-8,14,18H,4,9-13H2,1-3H3. The zero-order valence-corrected chi connectivity index (χ0v) is 12.9. The first-order valence-electron chi connectivity index (χ1n) is 7.67. The summed E-state index contributed by atoms with van der Waals surface area (Å²) < 4.78 is 11.4. The molecule has 112 valence electrons. The second-order valence-electron chi connectivity index (χ2n) is 6.16. The van der Waals surface area contributed by atoms with Gasteiger partial charge in [-0.3, -0.25) is 0 Å². The normalized spacial score (nSPS) is 16.8. The summed E-state index contributed by atoms with van der Waals surface area (Å²) in [5, 5.41) is 3.51. The van der Waals surface area contributed by atoms with Gasteiger partial charge >= 0.3 is 0 Å².